The first-order valence-corrected chi connectivity index (χ1v) is 31.5. The molecule has 94 heavy (non-hydrogen) atoms. The van der Waals surface area contributed by atoms with Gasteiger partial charge in [0.05, 0.1) is 49.8 Å². The summed E-state index contributed by atoms with van der Waals surface area (Å²) in [5.41, 5.74) is -0.535. The van der Waals surface area contributed by atoms with Crippen LogP contribution in [-0.2, 0) is 32.7 Å². The molecule has 0 aliphatic rings. The van der Waals surface area contributed by atoms with E-state index < -0.39 is 92.3 Å². The molecule has 0 atom stereocenters. The maximum Gasteiger partial charge on any atom is 0.338 e. The summed E-state index contributed by atoms with van der Waals surface area (Å²) in [6, 6.07) is 87.3. The monoisotopic (exact) mass is 1330 g/mol. The number of benzene rings is 12. The number of carboxylic acid groups (broad SMARTS) is 3. The van der Waals surface area contributed by atoms with Crippen molar-refractivity contribution in [2.75, 3.05) is 0 Å². The van der Waals surface area contributed by atoms with Crippen molar-refractivity contribution in [3.8, 4) is 17.2 Å². The summed E-state index contributed by atoms with van der Waals surface area (Å²) in [5, 5.41) is 57.1. The van der Waals surface area contributed by atoms with Crippen LogP contribution in [-0.4, -0.2) is 33.2 Å². The Kier molecular flexibility index (Phi) is 26.7. The van der Waals surface area contributed by atoms with E-state index in [-0.39, 0.29) is 47.6 Å². The van der Waals surface area contributed by atoms with Gasteiger partial charge in [-0.2, -0.15) is 0 Å². The van der Waals surface area contributed by atoms with Crippen LogP contribution in [0.5, 0.6) is 17.2 Å². The predicted octanol–water partition coefficient (Wildman–Crippen LogP) is 16.0. The van der Waals surface area contributed by atoms with Crippen molar-refractivity contribution in [3.63, 3.8) is 0 Å². The molecule has 12 aromatic carbocycles. The van der Waals surface area contributed by atoms with E-state index in [0.29, 0.717) is 24.3 Å². The van der Waals surface area contributed by atoms with Gasteiger partial charge in [0, 0.05) is 48.5 Å². The first kappa shape index (κ1) is 70.5. The van der Waals surface area contributed by atoms with Gasteiger partial charge in [-0.05, 0) is 90.5 Å². The molecule has 0 heterocycles. The minimum atomic E-state index is -1.73. The smallest absolute Gasteiger partial charge is 0.338 e. The van der Waals surface area contributed by atoms with Crippen molar-refractivity contribution in [1.82, 2.24) is 0 Å². The Morgan fingerprint density at radius 1 is 0.309 bits per heavy atom. The number of carbonyl (C=O) groups excluding carboxylic acids is 1. The molecule has 0 amide bonds. The standard InChI is InChI=1S/C18H8F7S.2C18H15S.C7H6O4.C7H6O3.C7H6O2/c19-9-1-10(20)4-13(3-9)26(14-5-11(21)2-12(22)6-14)15-7-16(23)18(25)17(24)8-15;2*1-4-10-16(11-5-1)19(17-12-6-2-7-13-17)18-14-8-3-9-15-18;8-4-2-1-3-5(9)6(4)7(10)11;8-6-4-2-1-3-5(6)7(9)10;8-7(9)6-4-2-1-3-5-6/h1-8H;2*1-15H;1-3,8-9H,(H,10,11);1-4,8H,(H,9,10);1-5H,(H,8,9)/q3*+1;;;/p-3. The van der Waals surface area contributed by atoms with Crippen LogP contribution in [0.4, 0.5) is 30.7 Å². The zero-order valence-electron chi connectivity index (χ0n) is 49.0. The third kappa shape index (κ3) is 20.8. The number of rotatable bonds is 12. The van der Waals surface area contributed by atoms with Gasteiger partial charge in [0.1, 0.15) is 29.0 Å². The minimum absolute atomic E-state index is 0.0146. The van der Waals surface area contributed by atoms with Crippen molar-refractivity contribution in [1.29, 1.82) is 0 Å². The molecule has 0 saturated heterocycles. The first-order valence-electron chi connectivity index (χ1n) is 27.9. The predicted molar refractivity (Wildman–Crippen MR) is 342 cm³/mol. The Balaban J connectivity index is 0.000000166. The second kappa shape index (κ2) is 35.6. The Bertz CT molecular complexity index is 3940. The molecule has 0 fully saturated rings. The molecular formula is C75H53F7O9S3. The highest BCUT2D eigenvalue weighted by Crippen LogP contribution is 2.36. The number of carboxylic acids is 3. The van der Waals surface area contributed by atoms with Crippen molar-refractivity contribution in [2.45, 2.75) is 44.1 Å². The van der Waals surface area contributed by atoms with Crippen LogP contribution in [0.25, 0.3) is 0 Å². The van der Waals surface area contributed by atoms with E-state index in [0.717, 1.165) is 36.4 Å². The fourth-order valence-corrected chi connectivity index (χ4v) is 14.8. The summed E-state index contributed by atoms with van der Waals surface area (Å²) < 4.78 is 95.0. The molecule has 9 nitrogen and oxygen atoms in total. The Morgan fingerprint density at radius 2 is 0.585 bits per heavy atom. The molecule has 0 aromatic heterocycles. The Labute approximate surface area is 545 Å². The van der Waals surface area contributed by atoms with Gasteiger partial charge in [-0.1, -0.05) is 181 Å². The average molecular weight is 1330 g/mol. The summed E-state index contributed by atoms with van der Waals surface area (Å²) in [6.45, 7) is 0. The summed E-state index contributed by atoms with van der Waals surface area (Å²) in [6.07, 6.45) is 0. The molecule has 0 saturated carbocycles. The lowest BCUT2D eigenvalue weighted by molar-refractivity contribution is -0.269. The number of hydrogen-bond acceptors (Lipinski definition) is 7. The van der Waals surface area contributed by atoms with Gasteiger partial charge in [0.15, 0.2) is 61.5 Å². The number of hydrogen-bond donors (Lipinski definition) is 3. The second-order valence-electron chi connectivity index (χ2n) is 19.1. The largest absolute Gasteiger partial charge is 0.872 e. The van der Waals surface area contributed by atoms with Crippen LogP contribution in [0.3, 0.4) is 0 Å². The fourth-order valence-electron chi connectivity index (χ4n) is 8.46. The lowest BCUT2D eigenvalue weighted by Gasteiger charge is -2.09. The number of para-hydroxylation sites is 1. The van der Waals surface area contributed by atoms with Crippen molar-refractivity contribution in [2.24, 2.45) is 0 Å². The highest BCUT2D eigenvalue weighted by atomic mass is 32.2. The topological polar surface area (TPSA) is 181 Å². The van der Waals surface area contributed by atoms with E-state index in [4.69, 9.17) is 15.3 Å². The van der Waals surface area contributed by atoms with Gasteiger partial charge in [-0.15, -0.1) is 0 Å². The van der Waals surface area contributed by atoms with Gasteiger partial charge in [0.25, 0.3) is 0 Å². The van der Waals surface area contributed by atoms with E-state index in [1.54, 1.807) is 18.2 Å². The molecule has 0 bridgehead atoms. The second-order valence-corrected chi connectivity index (χ2v) is 25.2. The third-order valence-electron chi connectivity index (χ3n) is 12.6. The lowest BCUT2D eigenvalue weighted by atomic mass is 10.2. The van der Waals surface area contributed by atoms with E-state index in [1.807, 2.05) is 0 Å². The number of aromatic carboxylic acids is 3. The Morgan fingerprint density at radius 3 is 0.840 bits per heavy atom. The molecule has 0 radical (unpaired) electrons. The summed E-state index contributed by atoms with van der Waals surface area (Å²) in [7, 11) is -1.72. The normalized spacial score (nSPS) is 10.3. The highest BCUT2D eigenvalue weighted by molar-refractivity contribution is 7.97. The average Bonchev–Trinajstić information content (AvgIpc) is 0.811. The van der Waals surface area contributed by atoms with Crippen LogP contribution in [0.1, 0.15) is 31.1 Å². The van der Waals surface area contributed by atoms with E-state index in [1.165, 1.54) is 71.8 Å². The van der Waals surface area contributed by atoms with Crippen molar-refractivity contribution in [3.05, 3.63) is 361 Å². The molecule has 3 N–H and O–H groups in total. The molecule has 12 aromatic rings. The molecule has 0 aliphatic heterocycles. The Hall–Kier alpha value is -11.0. The summed E-state index contributed by atoms with van der Waals surface area (Å²) in [4.78, 5) is 38.3. The van der Waals surface area contributed by atoms with Crippen LogP contribution in [0.2, 0.25) is 0 Å². The highest BCUT2D eigenvalue weighted by Gasteiger charge is 2.34. The van der Waals surface area contributed by atoms with E-state index in [2.05, 4.69) is 182 Å². The SMILES string of the molecule is Fc1cc(F)cc([S+](c2cc(F)cc(F)c2)c2cc(F)c(F)c(F)c2)c1.O=C(O)c1c([O-])cccc1O.O=C(O)c1ccccc1[O-].O=C([O-])c1ccccc1.c1ccc([S+](c2ccccc2)c2ccccc2)cc1.c1ccc([S+](c2ccccc2)c2ccccc2)cc1. The molecular weight excluding hydrogens is 1270 g/mol. The van der Waals surface area contributed by atoms with Crippen LogP contribution < -0.4 is 15.3 Å². The summed E-state index contributed by atoms with van der Waals surface area (Å²) >= 11 is 0. The lowest BCUT2D eigenvalue weighted by Crippen LogP contribution is -2.21. The van der Waals surface area contributed by atoms with Gasteiger partial charge in [-0.3, -0.25) is 0 Å². The van der Waals surface area contributed by atoms with E-state index >= 15 is 0 Å². The molecule has 0 unspecified atom stereocenters. The number of halogens is 7. The maximum absolute atomic E-state index is 13.6. The van der Waals surface area contributed by atoms with Gasteiger partial charge in [0.2, 0.25) is 0 Å². The van der Waals surface area contributed by atoms with Gasteiger partial charge in [-0.25, -0.2) is 40.3 Å². The molecule has 474 valence electrons. The van der Waals surface area contributed by atoms with Crippen LogP contribution >= 0.6 is 0 Å². The fraction of sp³-hybridized carbons (Fsp3) is 0. The first-order chi connectivity index (χ1) is 45.3. The van der Waals surface area contributed by atoms with Gasteiger partial charge >= 0.3 is 11.9 Å². The molecule has 0 spiro atoms. The third-order valence-corrected chi connectivity index (χ3v) is 19.1. The molecule has 0 aliphatic carbocycles. The number of carbonyl (C=O) groups is 3. The number of aromatic hydroxyl groups is 1. The zero-order chi connectivity index (χ0) is 67.5. The van der Waals surface area contributed by atoms with Crippen LogP contribution in [0, 0.1) is 40.7 Å². The van der Waals surface area contributed by atoms with Gasteiger partial charge < -0.3 is 35.4 Å². The quantitative estimate of drug-likeness (QED) is 0.0609. The van der Waals surface area contributed by atoms with Crippen molar-refractivity contribution >= 4 is 50.6 Å². The van der Waals surface area contributed by atoms with E-state index in [9.17, 15) is 60.4 Å². The minimum Gasteiger partial charge on any atom is -0.872 e. The number of phenols is 1. The van der Waals surface area contributed by atoms with Crippen molar-refractivity contribution < 1.29 is 75.8 Å². The van der Waals surface area contributed by atoms with Crippen LogP contribution in [0.15, 0.2) is 347 Å². The zero-order valence-corrected chi connectivity index (χ0v) is 51.5. The maximum atomic E-state index is 13.6. The molecule has 12 rings (SSSR count). The molecule has 19 heteroatoms. The summed E-state index contributed by atoms with van der Waals surface area (Å²) in [5.74, 6) is -14.1.